The van der Waals surface area contributed by atoms with Crippen molar-refractivity contribution in [2.45, 2.75) is 46.1 Å². The number of hydrogen-bond donors (Lipinski definition) is 2. The number of rotatable bonds is 6. The van der Waals surface area contributed by atoms with Crippen molar-refractivity contribution in [2.75, 3.05) is 6.54 Å². The van der Waals surface area contributed by atoms with Crippen LogP contribution in [0.1, 0.15) is 40.0 Å². The average molecular weight is 213 g/mol. The van der Waals surface area contributed by atoms with E-state index in [0.29, 0.717) is 25.8 Å². The van der Waals surface area contributed by atoms with E-state index in [1.807, 2.05) is 20.8 Å². The van der Waals surface area contributed by atoms with Gasteiger partial charge in [0.15, 0.2) is 0 Å². The van der Waals surface area contributed by atoms with Gasteiger partial charge in [-0.25, -0.2) is 0 Å². The molecule has 2 N–H and O–H groups in total. The van der Waals surface area contributed by atoms with Gasteiger partial charge in [-0.2, -0.15) is 0 Å². The highest BCUT2D eigenvalue weighted by Gasteiger charge is 2.21. The summed E-state index contributed by atoms with van der Waals surface area (Å²) in [5.74, 6) is 0.0241. The topological polar surface area (TPSA) is 49.3 Å². The second-order valence-electron chi connectivity index (χ2n) is 4.85. The first-order chi connectivity index (χ1) is 6.88. The molecule has 0 aliphatic rings. The van der Waals surface area contributed by atoms with E-state index < -0.39 is 0 Å². The zero-order valence-corrected chi connectivity index (χ0v) is 10.0. The van der Waals surface area contributed by atoms with Gasteiger partial charge in [-0.1, -0.05) is 26.8 Å². The molecule has 1 amide bonds. The van der Waals surface area contributed by atoms with Gasteiger partial charge in [0.25, 0.3) is 0 Å². The van der Waals surface area contributed by atoms with Gasteiger partial charge in [-0.05, 0) is 18.3 Å². The fraction of sp³-hybridized carbons (Fsp3) is 0.750. The third kappa shape index (κ3) is 7.14. The lowest BCUT2D eigenvalue weighted by molar-refractivity contribution is -0.121. The lowest BCUT2D eigenvalue weighted by Crippen LogP contribution is -2.32. The minimum atomic E-state index is -0.378. The van der Waals surface area contributed by atoms with Crippen LogP contribution in [-0.4, -0.2) is 23.7 Å². The maximum absolute atomic E-state index is 11.2. The molecule has 0 radical (unpaired) electrons. The van der Waals surface area contributed by atoms with Crippen molar-refractivity contribution in [1.29, 1.82) is 0 Å². The van der Waals surface area contributed by atoms with Crippen LogP contribution in [0.3, 0.4) is 0 Å². The molecule has 1 unspecified atom stereocenters. The summed E-state index contributed by atoms with van der Waals surface area (Å²) in [5, 5.41) is 12.5. The number of hydrogen-bond acceptors (Lipinski definition) is 2. The molecule has 0 rings (SSSR count). The van der Waals surface area contributed by atoms with Crippen LogP contribution in [0.5, 0.6) is 0 Å². The molecule has 88 valence electrons. The van der Waals surface area contributed by atoms with Gasteiger partial charge < -0.3 is 10.4 Å². The minimum absolute atomic E-state index is 0.0241. The highest BCUT2D eigenvalue weighted by atomic mass is 16.3. The van der Waals surface area contributed by atoms with E-state index in [-0.39, 0.29) is 17.4 Å². The fourth-order valence-corrected chi connectivity index (χ4v) is 1.10. The zero-order chi connectivity index (χ0) is 11.9. The molecule has 0 fully saturated rings. The Kier molecular flexibility index (Phi) is 6.25. The number of carbonyl (C=O) groups is 1. The highest BCUT2D eigenvalue weighted by molar-refractivity contribution is 5.75. The summed E-state index contributed by atoms with van der Waals surface area (Å²) >= 11 is 0. The standard InChI is InChI=1S/C12H23NO2/c1-5-6-7-11(15)13-9-8-10(14)12(2,3)4/h5,10,14H,1,6-9H2,2-4H3,(H,13,15). The van der Waals surface area contributed by atoms with Gasteiger partial charge in [0.2, 0.25) is 5.91 Å². The molecular formula is C12H23NO2. The fourth-order valence-electron chi connectivity index (χ4n) is 1.10. The zero-order valence-electron chi connectivity index (χ0n) is 10.0. The van der Waals surface area contributed by atoms with Crippen molar-refractivity contribution >= 4 is 5.91 Å². The molecule has 0 aromatic heterocycles. The Morgan fingerprint density at radius 2 is 2.13 bits per heavy atom. The summed E-state index contributed by atoms with van der Waals surface area (Å²) in [4.78, 5) is 11.2. The summed E-state index contributed by atoms with van der Waals surface area (Å²) in [6.07, 6.45) is 3.13. The van der Waals surface area contributed by atoms with E-state index in [2.05, 4.69) is 11.9 Å². The van der Waals surface area contributed by atoms with Crippen LogP contribution in [0.2, 0.25) is 0 Å². The molecule has 1 atom stereocenters. The Labute approximate surface area is 92.6 Å². The average Bonchev–Trinajstić information content (AvgIpc) is 2.13. The summed E-state index contributed by atoms with van der Waals surface area (Å²) in [7, 11) is 0. The van der Waals surface area contributed by atoms with Crippen LogP contribution in [0.25, 0.3) is 0 Å². The van der Waals surface area contributed by atoms with Gasteiger partial charge in [0.1, 0.15) is 0 Å². The molecule has 0 heterocycles. The van der Waals surface area contributed by atoms with Gasteiger partial charge in [-0.3, -0.25) is 4.79 Å². The van der Waals surface area contributed by atoms with Gasteiger partial charge >= 0.3 is 0 Å². The Bertz CT molecular complexity index is 206. The van der Waals surface area contributed by atoms with Crippen LogP contribution < -0.4 is 5.32 Å². The minimum Gasteiger partial charge on any atom is -0.393 e. The molecule has 15 heavy (non-hydrogen) atoms. The summed E-state index contributed by atoms with van der Waals surface area (Å²) < 4.78 is 0. The molecule has 3 nitrogen and oxygen atoms in total. The second-order valence-corrected chi connectivity index (χ2v) is 4.85. The van der Waals surface area contributed by atoms with E-state index in [9.17, 15) is 9.90 Å². The largest absolute Gasteiger partial charge is 0.393 e. The smallest absolute Gasteiger partial charge is 0.220 e. The number of allylic oxidation sites excluding steroid dienone is 1. The molecule has 0 bridgehead atoms. The Balaban J connectivity index is 3.61. The third-order valence-electron chi connectivity index (χ3n) is 2.32. The summed E-state index contributed by atoms with van der Waals surface area (Å²) in [6, 6.07) is 0. The maximum atomic E-state index is 11.2. The van der Waals surface area contributed by atoms with E-state index in [4.69, 9.17) is 0 Å². The van der Waals surface area contributed by atoms with Crippen molar-refractivity contribution in [1.82, 2.24) is 5.32 Å². The van der Waals surface area contributed by atoms with E-state index in [0.717, 1.165) is 0 Å². The summed E-state index contributed by atoms with van der Waals surface area (Å²) in [5.41, 5.74) is -0.119. The molecule has 0 saturated heterocycles. The van der Waals surface area contributed by atoms with Crippen LogP contribution in [0.4, 0.5) is 0 Å². The quantitative estimate of drug-likeness (QED) is 0.662. The monoisotopic (exact) mass is 213 g/mol. The van der Waals surface area contributed by atoms with E-state index in [1.54, 1.807) is 6.08 Å². The van der Waals surface area contributed by atoms with Gasteiger partial charge in [0.05, 0.1) is 6.10 Å². The first-order valence-corrected chi connectivity index (χ1v) is 5.43. The highest BCUT2D eigenvalue weighted by Crippen LogP contribution is 2.20. The third-order valence-corrected chi connectivity index (χ3v) is 2.32. The first kappa shape index (κ1) is 14.2. The lowest BCUT2D eigenvalue weighted by atomic mass is 9.87. The Morgan fingerprint density at radius 3 is 2.60 bits per heavy atom. The van der Waals surface area contributed by atoms with Crippen LogP contribution in [-0.2, 0) is 4.79 Å². The number of aliphatic hydroxyl groups excluding tert-OH is 1. The SMILES string of the molecule is C=CCCC(=O)NCCC(O)C(C)(C)C. The molecule has 0 aliphatic carbocycles. The molecule has 0 saturated carbocycles. The molecule has 0 aromatic carbocycles. The normalized spacial score (nSPS) is 13.3. The van der Waals surface area contributed by atoms with Crippen molar-refractivity contribution in [3.05, 3.63) is 12.7 Å². The Morgan fingerprint density at radius 1 is 1.53 bits per heavy atom. The molecular weight excluding hydrogens is 190 g/mol. The second kappa shape index (κ2) is 6.62. The van der Waals surface area contributed by atoms with Gasteiger partial charge in [-0.15, -0.1) is 6.58 Å². The molecule has 0 spiro atoms. The van der Waals surface area contributed by atoms with E-state index in [1.165, 1.54) is 0 Å². The number of aliphatic hydroxyl groups is 1. The molecule has 0 aliphatic heterocycles. The number of carbonyl (C=O) groups excluding carboxylic acids is 1. The maximum Gasteiger partial charge on any atom is 0.220 e. The first-order valence-electron chi connectivity index (χ1n) is 5.43. The Hall–Kier alpha value is -0.830. The van der Waals surface area contributed by atoms with Crippen molar-refractivity contribution in [2.24, 2.45) is 5.41 Å². The van der Waals surface area contributed by atoms with Crippen molar-refractivity contribution in [3.63, 3.8) is 0 Å². The van der Waals surface area contributed by atoms with Crippen LogP contribution in [0, 0.1) is 5.41 Å². The number of nitrogens with one attached hydrogen (secondary N) is 1. The molecule has 0 aromatic rings. The predicted molar refractivity (Wildman–Crippen MR) is 62.5 cm³/mol. The van der Waals surface area contributed by atoms with E-state index >= 15 is 0 Å². The number of amides is 1. The van der Waals surface area contributed by atoms with Crippen molar-refractivity contribution < 1.29 is 9.90 Å². The van der Waals surface area contributed by atoms with Gasteiger partial charge in [0, 0.05) is 13.0 Å². The lowest BCUT2D eigenvalue weighted by Gasteiger charge is -2.25. The van der Waals surface area contributed by atoms with Crippen LogP contribution in [0.15, 0.2) is 12.7 Å². The summed E-state index contributed by atoms with van der Waals surface area (Å²) in [6.45, 7) is 10.0. The van der Waals surface area contributed by atoms with Crippen LogP contribution >= 0.6 is 0 Å². The predicted octanol–water partition coefficient (Wildman–Crippen LogP) is 1.87. The van der Waals surface area contributed by atoms with Crippen molar-refractivity contribution in [3.8, 4) is 0 Å². The molecule has 3 heteroatoms.